The van der Waals surface area contributed by atoms with Crippen molar-refractivity contribution in [3.05, 3.63) is 83.4 Å². The minimum atomic E-state index is 0.778. The fourth-order valence-electron chi connectivity index (χ4n) is 2.87. The van der Waals surface area contributed by atoms with Crippen molar-refractivity contribution >= 4 is 10.8 Å². The molecule has 1 atom stereocenters. The topological polar surface area (TPSA) is 28.2 Å². The van der Waals surface area contributed by atoms with Gasteiger partial charge in [0, 0.05) is 11.1 Å². The summed E-state index contributed by atoms with van der Waals surface area (Å²) < 4.78 is 0. The summed E-state index contributed by atoms with van der Waals surface area (Å²) in [5.41, 5.74) is 3.22. The zero-order valence-corrected chi connectivity index (χ0v) is 12.7. The van der Waals surface area contributed by atoms with Crippen LogP contribution in [0.2, 0.25) is 0 Å². The zero-order valence-electron chi connectivity index (χ0n) is 12.7. The molecule has 0 spiro atoms. The molecule has 0 aromatic heterocycles. The van der Waals surface area contributed by atoms with Gasteiger partial charge in [0.15, 0.2) is 0 Å². The number of fused-ring (bicyclic) bond motifs is 1. The Bertz CT molecular complexity index is 830. The lowest BCUT2D eigenvalue weighted by Crippen LogP contribution is -3.06. The number of benzene rings is 3. The Morgan fingerprint density at radius 2 is 1.59 bits per heavy atom. The van der Waals surface area contributed by atoms with Gasteiger partial charge in [0.05, 0.1) is 18.7 Å². The first kappa shape index (κ1) is 14.3. The smallest absolute Gasteiger partial charge is 0.104 e. The summed E-state index contributed by atoms with van der Waals surface area (Å²) in [6.45, 7) is 1.81. The quantitative estimate of drug-likeness (QED) is 0.785. The molecule has 0 radical (unpaired) electrons. The summed E-state index contributed by atoms with van der Waals surface area (Å²) in [7, 11) is 2.17. The van der Waals surface area contributed by atoms with Crippen molar-refractivity contribution in [3.63, 3.8) is 0 Å². The van der Waals surface area contributed by atoms with Gasteiger partial charge in [0.1, 0.15) is 13.1 Å². The molecule has 3 aromatic rings. The average Bonchev–Trinajstić information content (AvgIpc) is 2.55. The highest BCUT2D eigenvalue weighted by Crippen LogP contribution is 2.15. The SMILES string of the molecule is C[NH+](Cc1ccc2ccccc2c1)Cc1ccccc1C#N. The van der Waals surface area contributed by atoms with E-state index in [2.05, 4.69) is 55.6 Å². The maximum Gasteiger partial charge on any atom is 0.104 e. The molecule has 2 nitrogen and oxygen atoms in total. The van der Waals surface area contributed by atoms with Crippen LogP contribution in [0, 0.1) is 11.3 Å². The highest BCUT2D eigenvalue weighted by molar-refractivity contribution is 5.82. The largest absolute Gasteiger partial charge is 0.330 e. The van der Waals surface area contributed by atoms with Crippen LogP contribution in [0.1, 0.15) is 16.7 Å². The third-order valence-electron chi connectivity index (χ3n) is 3.95. The molecule has 3 aromatic carbocycles. The van der Waals surface area contributed by atoms with Crippen LogP contribution in [-0.4, -0.2) is 7.05 Å². The molecule has 0 saturated heterocycles. The molecule has 2 heteroatoms. The summed E-state index contributed by atoms with van der Waals surface area (Å²) in [5, 5.41) is 11.7. The molecule has 22 heavy (non-hydrogen) atoms. The standard InChI is InChI=1S/C20H18N2/c1-22(15-20-9-5-4-8-19(20)13-21)14-16-10-11-17-6-2-3-7-18(17)12-16/h2-12H,14-15H2,1H3/p+1. The van der Waals surface area contributed by atoms with Crippen molar-refractivity contribution in [2.24, 2.45) is 0 Å². The van der Waals surface area contributed by atoms with Crippen LogP contribution < -0.4 is 4.90 Å². The second kappa shape index (κ2) is 6.43. The van der Waals surface area contributed by atoms with Crippen molar-refractivity contribution in [2.75, 3.05) is 7.05 Å². The van der Waals surface area contributed by atoms with Gasteiger partial charge < -0.3 is 4.90 Å². The van der Waals surface area contributed by atoms with Gasteiger partial charge in [-0.1, -0.05) is 54.6 Å². The molecule has 0 aliphatic rings. The number of quaternary nitrogens is 1. The van der Waals surface area contributed by atoms with Gasteiger partial charge in [-0.15, -0.1) is 0 Å². The van der Waals surface area contributed by atoms with Crippen LogP contribution in [0.15, 0.2) is 66.7 Å². The molecule has 0 fully saturated rings. The van der Waals surface area contributed by atoms with E-state index in [4.69, 9.17) is 0 Å². The molecule has 0 amide bonds. The highest BCUT2D eigenvalue weighted by atomic mass is 15.1. The summed E-state index contributed by atoms with van der Waals surface area (Å²) >= 11 is 0. The number of nitriles is 1. The van der Waals surface area contributed by atoms with Crippen molar-refractivity contribution in [1.82, 2.24) is 0 Å². The maximum absolute atomic E-state index is 9.18. The first-order valence-corrected chi connectivity index (χ1v) is 7.53. The van der Waals surface area contributed by atoms with E-state index in [0.717, 1.165) is 24.2 Å². The van der Waals surface area contributed by atoms with Crippen molar-refractivity contribution in [3.8, 4) is 6.07 Å². The van der Waals surface area contributed by atoms with E-state index in [1.807, 2.05) is 24.3 Å². The van der Waals surface area contributed by atoms with Gasteiger partial charge in [-0.3, -0.25) is 0 Å². The Labute approximate surface area is 131 Å². The lowest BCUT2D eigenvalue weighted by Gasteiger charge is -2.15. The van der Waals surface area contributed by atoms with Crippen LogP contribution in [-0.2, 0) is 13.1 Å². The van der Waals surface area contributed by atoms with Crippen LogP contribution in [0.25, 0.3) is 10.8 Å². The fourth-order valence-corrected chi connectivity index (χ4v) is 2.87. The molecule has 108 valence electrons. The fraction of sp³-hybridized carbons (Fsp3) is 0.150. The predicted molar refractivity (Wildman–Crippen MR) is 89.4 cm³/mol. The van der Waals surface area contributed by atoms with Gasteiger partial charge in [-0.25, -0.2) is 0 Å². The Hall–Kier alpha value is -2.63. The van der Waals surface area contributed by atoms with Crippen molar-refractivity contribution < 1.29 is 4.90 Å². The molecular formula is C20H19N2+. The lowest BCUT2D eigenvalue weighted by molar-refractivity contribution is -0.907. The molecule has 0 heterocycles. The average molecular weight is 287 g/mol. The Kier molecular flexibility index (Phi) is 4.18. The summed E-state index contributed by atoms with van der Waals surface area (Å²) in [5.74, 6) is 0. The number of nitrogens with zero attached hydrogens (tertiary/aromatic N) is 1. The highest BCUT2D eigenvalue weighted by Gasteiger charge is 2.09. The molecule has 1 N–H and O–H groups in total. The summed E-state index contributed by atoms with van der Waals surface area (Å²) in [4.78, 5) is 1.37. The summed E-state index contributed by atoms with van der Waals surface area (Å²) in [6, 6.07) is 25.2. The van der Waals surface area contributed by atoms with Crippen LogP contribution >= 0.6 is 0 Å². The molecule has 1 unspecified atom stereocenters. The maximum atomic E-state index is 9.18. The van der Waals surface area contributed by atoms with E-state index in [9.17, 15) is 5.26 Å². The molecule has 0 saturated carbocycles. The number of nitrogens with one attached hydrogen (secondary N) is 1. The van der Waals surface area contributed by atoms with Gasteiger partial charge in [-0.2, -0.15) is 5.26 Å². The first-order chi connectivity index (χ1) is 10.8. The van der Waals surface area contributed by atoms with Gasteiger partial charge in [0.2, 0.25) is 0 Å². The van der Waals surface area contributed by atoms with Gasteiger partial charge in [0.25, 0.3) is 0 Å². The number of hydrogen-bond donors (Lipinski definition) is 1. The molecule has 0 bridgehead atoms. The van der Waals surface area contributed by atoms with E-state index in [1.165, 1.54) is 21.2 Å². The monoisotopic (exact) mass is 287 g/mol. The van der Waals surface area contributed by atoms with Crippen LogP contribution in [0.5, 0.6) is 0 Å². The first-order valence-electron chi connectivity index (χ1n) is 7.53. The van der Waals surface area contributed by atoms with E-state index >= 15 is 0 Å². The molecule has 3 rings (SSSR count). The normalized spacial score (nSPS) is 12.0. The van der Waals surface area contributed by atoms with E-state index < -0.39 is 0 Å². The van der Waals surface area contributed by atoms with Crippen LogP contribution in [0.3, 0.4) is 0 Å². The van der Waals surface area contributed by atoms with E-state index in [-0.39, 0.29) is 0 Å². The predicted octanol–water partition coefficient (Wildman–Crippen LogP) is 2.93. The molecule has 0 aliphatic heterocycles. The van der Waals surface area contributed by atoms with Crippen LogP contribution in [0.4, 0.5) is 0 Å². The van der Waals surface area contributed by atoms with Gasteiger partial charge in [-0.05, 0) is 22.9 Å². The zero-order chi connectivity index (χ0) is 15.4. The van der Waals surface area contributed by atoms with Crippen molar-refractivity contribution in [2.45, 2.75) is 13.1 Å². The Morgan fingerprint density at radius 1 is 0.864 bits per heavy atom. The molecular weight excluding hydrogens is 268 g/mol. The van der Waals surface area contributed by atoms with Crippen molar-refractivity contribution in [1.29, 1.82) is 5.26 Å². The minimum absolute atomic E-state index is 0.778. The van der Waals surface area contributed by atoms with E-state index in [0.29, 0.717) is 0 Å². The second-order valence-electron chi connectivity index (χ2n) is 5.76. The number of rotatable bonds is 4. The Balaban J connectivity index is 1.75. The lowest BCUT2D eigenvalue weighted by atomic mass is 10.1. The second-order valence-corrected chi connectivity index (χ2v) is 5.76. The van der Waals surface area contributed by atoms with Gasteiger partial charge >= 0.3 is 0 Å². The number of hydrogen-bond acceptors (Lipinski definition) is 1. The third-order valence-corrected chi connectivity index (χ3v) is 3.95. The third kappa shape index (κ3) is 3.16. The Morgan fingerprint density at radius 3 is 2.41 bits per heavy atom. The van der Waals surface area contributed by atoms with E-state index in [1.54, 1.807) is 0 Å². The molecule has 0 aliphatic carbocycles. The summed E-state index contributed by atoms with van der Waals surface area (Å²) in [6.07, 6.45) is 0. The minimum Gasteiger partial charge on any atom is -0.330 e.